The molecule has 0 aliphatic heterocycles. The zero-order valence-electron chi connectivity index (χ0n) is 6.95. The molecule has 0 aromatic carbocycles. The molecular weight excluding hydrogens is 217 g/mol. The van der Waals surface area contributed by atoms with E-state index in [2.05, 4.69) is 16.9 Å². The number of nitrogens with one attached hydrogen (secondary N) is 1. The van der Waals surface area contributed by atoms with Crippen LogP contribution in [0.4, 0.5) is 13.2 Å². The SMILES string of the molecule is FC(F)(F)c1[nH]ncc1C#CCCCl. The Morgan fingerprint density at radius 3 is 2.79 bits per heavy atom. The number of rotatable bonds is 1. The van der Waals surface area contributed by atoms with Gasteiger partial charge in [0, 0.05) is 12.3 Å². The number of hydrogen-bond donors (Lipinski definition) is 1. The lowest BCUT2D eigenvalue weighted by atomic mass is 10.2. The Labute approximate surface area is 83.5 Å². The molecular formula is C8H6ClF3N2. The number of H-pyrrole nitrogens is 1. The van der Waals surface area contributed by atoms with E-state index in [4.69, 9.17) is 11.6 Å². The van der Waals surface area contributed by atoms with Crippen LogP contribution in [0.15, 0.2) is 6.20 Å². The second kappa shape index (κ2) is 4.38. The van der Waals surface area contributed by atoms with Crippen molar-refractivity contribution in [1.29, 1.82) is 0 Å². The Morgan fingerprint density at radius 1 is 1.50 bits per heavy atom. The number of halogens is 4. The third-order valence-corrected chi connectivity index (χ3v) is 1.55. The molecule has 0 unspecified atom stereocenters. The van der Waals surface area contributed by atoms with Crippen LogP contribution in [0.5, 0.6) is 0 Å². The van der Waals surface area contributed by atoms with Crippen LogP contribution in [0, 0.1) is 11.8 Å². The van der Waals surface area contributed by atoms with Gasteiger partial charge in [-0.2, -0.15) is 18.3 Å². The highest BCUT2D eigenvalue weighted by Gasteiger charge is 2.35. The van der Waals surface area contributed by atoms with Gasteiger partial charge in [0.2, 0.25) is 0 Å². The van der Waals surface area contributed by atoms with Crippen LogP contribution in [-0.4, -0.2) is 16.1 Å². The van der Waals surface area contributed by atoms with Crippen LogP contribution in [0.3, 0.4) is 0 Å². The van der Waals surface area contributed by atoms with Crippen LogP contribution in [-0.2, 0) is 6.18 Å². The monoisotopic (exact) mass is 222 g/mol. The average molecular weight is 223 g/mol. The second-order valence-electron chi connectivity index (χ2n) is 2.40. The summed E-state index contributed by atoms with van der Waals surface area (Å²) in [5.41, 5.74) is -1.07. The van der Waals surface area contributed by atoms with Gasteiger partial charge >= 0.3 is 6.18 Å². The van der Waals surface area contributed by atoms with Gasteiger partial charge in [-0.1, -0.05) is 11.8 Å². The maximum Gasteiger partial charge on any atom is 0.434 e. The molecule has 0 aliphatic carbocycles. The van der Waals surface area contributed by atoms with E-state index in [0.29, 0.717) is 12.3 Å². The predicted octanol–water partition coefficient (Wildman–Crippen LogP) is 2.41. The van der Waals surface area contributed by atoms with Crippen molar-refractivity contribution in [3.63, 3.8) is 0 Å². The van der Waals surface area contributed by atoms with Gasteiger partial charge in [-0.05, 0) is 0 Å². The molecule has 0 fully saturated rings. The van der Waals surface area contributed by atoms with Gasteiger partial charge in [0.1, 0.15) is 0 Å². The fourth-order valence-corrected chi connectivity index (χ4v) is 0.896. The first-order valence-corrected chi connectivity index (χ1v) is 4.24. The third kappa shape index (κ3) is 2.67. The van der Waals surface area contributed by atoms with E-state index in [9.17, 15) is 13.2 Å². The van der Waals surface area contributed by atoms with Crippen molar-refractivity contribution in [2.75, 3.05) is 5.88 Å². The topological polar surface area (TPSA) is 28.7 Å². The van der Waals surface area contributed by atoms with Gasteiger partial charge in [-0.25, -0.2) is 0 Å². The standard InChI is InChI=1S/C8H6ClF3N2/c9-4-2-1-3-6-5-13-14-7(6)8(10,11)12/h5H,2,4H2,(H,13,14). The summed E-state index contributed by atoms with van der Waals surface area (Å²) in [4.78, 5) is 0. The van der Waals surface area contributed by atoms with Crippen LogP contribution < -0.4 is 0 Å². The van der Waals surface area contributed by atoms with E-state index in [1.54, 1.807) is 0 Å². The number of alkyl halides is 4. The molecule has 1 heterocycles. The van der Waals surface area contributed by atoms with E-state index in [0.717, 1.165) is 6.20 Å². The highest BCUT2D eigenvalue weighted by Crippen LogP contribution is 2.29. The molecule has 0 saturated heterocycles. The number of hydrogen-bond acceptors (Lipinski definition) is 1. The Kier molecular flexibility index (Phi) is 3.42. The summed E-state index contributed by atoms with van der Waals surface area (Å²) < 4.78 is 36.7. The zero-order chi connectivity index (χ0) is 10.6. The molecule has 1 aromatic heterocycles. The van der Waals surface area contributed by atoms with Crippen molar-refractivity contribution in [2.45, 2.75) is 12.6 Å². The molecule has 1 rings (SSSR count). The fourth-order valence-electron chi connectivity index (χ4n) is 0.802. The molecule has 0 radical (unpaired) electrons. The van der Waals surface area contributed by atoms with E-state index in [-0.39, 0.29) is 5.56 Å². The van der Waals surface area contributed by atoms with Gasteiger partial charge in [-0.3, -0.25) is 5.10 Å². The smallest absolute Gasteiger partial charge is 0.273 e. The zero-order valence-corrected chi connectivity index (χ0v) is 7.71. The molecule has 1 aromatic rings. The molecule has 0 saturated carbocycles. The van der Waals surface area contributed by atoms with Gasteiger partial charge in [0.25, 0.3) is 0 Å². The highest BCUT2D eigenvalue weighted by atomic mass is 35.5. The van der Waals surface area contributed by atoms with Crippen molar-refractivity contribution in [2.24, 2.45) is 0 Å². The minimum absolute atomic E-state index is 0.150. The first-order valence-electron chi connectivity index (χ1n) is 3.71. The predicted molar refractivity (Wildman–Crippen MR) is 45.8 cm³/mol. The quantitative estimate of drug-likeness (QED) is 0.574. The summed E-state index contributed by atoms with van der Waals surface area (Å²) in [5.74, 6) is 5.16. The lowest BCUT2D eigenvalue weighted by Gasteiger charge is -2.02. The maximum absolute atomic E-state index is 12.2. The van der Waals surface area contributed by atoms with Crippen molar-refractivity contribution >= 4 is 11.6 Å². The van der Waals surface area contributed by atoms with Crippen LogP contribution in [0.2, 0.25) is 0 Å². The lowest BCUT2D eigenvalue weighted by Crippen LogP contribution is -2.07. The van der Waals surface area contributed by atoms with E-state index < -0.39 is 11.9 Å². The minimum atomic E-state index is -4.44. The maximum atomic E-state index is 12.2. The summed E-state index contributed by atoms with van der Waals surface area (Å²) in [5, 5.41) is 5.15. The van der Waals surface area contributed by atoms with E-state index >= 15 is 0 Å². The summed E-state index contributed by atoms with van der Waals surface area (Å²) in [6.45, 7) is 0. The Balaban J connectivity index is 2.90. The second-order valence-corrected chi connectivity index (χ2v) is 2.78. The Morgan fingerprint density at radius 2 is 2.21 bits per heavy atom. The van der Waals surface area contributed by atoms with Crippen LogP contribution in [0.1, 0.15) is 17.7 Å². The molecule has 2 nitrogen and oxygen atoms in total. The Bertz CT molecular complexity index is 359. The molecule has 0 aliphatic rings. The summed E-state index contributed by atoms with van der Waals surface area (Å²) >= 11 is 5.32. The molecule has 0 bridgehead atoms. The van der Waals surface area contributed by atoms with E-state index in [1.807, 2.05) is 5.10 Å². The molecule has 6 heteroatoms. The molecule has 0 atom stereocenters. The number of aromatic nitrogens is 2. The minimum Gasteiger partial charge on any atom is -0.273 e. The summed E-state index contributed by atoms with van der Waals surface area (Å²) in [7, 11) is 0. The van der Waals surface area contributed by atoms with Gasteiger partial charge in [-0.15, -0.1) is 11.6 Å². The average Bonchev–Trinajstić information content (AvgIpc) is 2.52. The van der Waals surface area contributed by atoms with Gasteiger partial charge in [0.15, 0.2) is 5.69 Å². The summed E-state index contributed by atoms with van der Waals surface area (Å²) in [6.07, 6.45) is -3.05. The number of nitrogens with zero attached hydrogens (tertiary/aromatic N) is 1. The molecule has 1 N–H and O–H groups in total. The van der Waals surface area contributed by atoms with Crippen LogP contribution in [0.25, 0.3) is 0 Å². The summed E-state index contributed by atoms with van der Waals surface area (Å²) in [6, 6.07) is 0. The number of aromatic amines is 1. The molecule has 0 amide bonds. The first kappa shape index (κ1) is 10.9. The van der Waals surface area contributed by atoms with E-state index in [1.165, 1.54) is 0 Å². The molecule has 14 heavy (non-hydrogen) atoms. The van der Waals surface area contributed by atoms with Crippen LogP contribution >= 0.6 is 11.6 Å². The van der Waals surface area contributed by atoms with Crippen molar-refractivity contribution in [3.8, 4) is 11.8 Å². The first-order chi connectivity index (χ1) is 6.55. The van der Waals surface area contributed by atoms with Crippen molar-refractivity contribution < 1.29 is 13.2 Å². The molecule has 76 valence electrons. The Hall–Kier alpha value is -1.15. The fraction of sp³-hybridized carbons (Fsp3) is 0.375. The molecule has 0 spiro atoms. The largest absolute Gasteiger partial charge is 0.434 e. The third-order valence-electron chi connectivity index (χ3n) is 1.37. The highest BCUT2D eigenvalue weighted by molar-refractivity contribution is 6.18. The van der Waals surface area contributed by atoms with Gasteiger partial charge in [0.05, 0.1) is 11.8 Å². The lowest BCUT2D eigenvalue weighted by molar-refractivity contribution is -0.141. The van der Waals surface area contributed by atoms with Crippen molar-refractivity contribution in [1.82, 2.24) is 10.2 Å². The van der Waals surface area contributed by atoms with Crippen molar-refractivity contribution in [3.05, 3.63) is 17.5 Å². The van der Waals surface area contributed by atoms with Gasteiger partial charge < -0.3 is 0 Å². The normalized spacial score (nSPS) is 10.9.